The van der Waals surface area contributed by atoms with Crippen molar-refractivity contribution >= 4 is 60.7 Å². The van der Waals surface area contributed by atoms with E-state index in [0.29, 0.717) is 6.54 Å². The smallest absolute Gasteiger partial charge is 0.0974 e. The number of aromatic nitrogens is 1. The molecule has 0 unspecified atom stereocenters. The summed E-state index contributed by atoms with van der Waals surface area (Å²) in [7, 11) is 0. The molecule has 0 aliphatic heterocycles. The SMILES string of the molecule is CCc1c(/C=C\CN(c2ccccc2)c2ccc3c(c2)C(c2ccccc2)(c2ccccc2)c2cccc(-c4c#cc(-n5c6ccccc6c6ccccc65)cc4)c2-3)sc2ccccc12. The number of hydrogen-bond acceptors (Lipinski definition) is 2. The molecule has 12 rings (SSSR count). The molecule has 3 heteroatoms. The van der Waals surface area contributed by atoms with E-state index in [1.54, 1.807) is 0 Å². The van der Waals surface area contributed by atoms with E-state index < -0.39 is 5.41 Å². The molecular formula is C62H44N2S. The van der Waals surface area contributed by atoms with Crippen molar-refractivity contribution in [1.29, 1.82) is 0 Å². The van der Waals surface area contributed by atoms with Gasteiger partial charge in [0.05, 0.1) is 22.1 Å². The number of nitrogens with zero attached hydrogens (tertiary/aromatic N) is 2. The first-order valence-electron chi connectivity index (χ1n) is 22.5. The Morgan fingerprint density at radius 2 is 1.17 bits per heavy atom. The fourth-order valence-corrected chi connectivity index (χ4v) is 11.8. The molecule has 0 bridgehead atoms. The number of fused-ring (bicyclic) bond motifs is 7. The number of hydrogen-bond donors (Lipinski definition) is 0. The average Bonchev–Trinajstić information content (AvgIpc) is 4.02. The molecule has 0 saturated heterocycles. The summed E-state index contributed by atoms with van der Waals surface area (Å²) in [5.74, 6) is 0. The molecule has 2 nitrogen and oxygen atoms in total. The fraction of sp³-hybridized carbons (Fsp3) is 0.0645. The summed E-state index contributed by atoms with van der Waals surface area (Å²) in [6.45, 7) is 2.98. The van der Waals surface area contributed by atoms with Gasteiger partial charge < -0.3 is 9.47 Å². The van der Waals surface area contributed by atoms with Crippen molar-refractivity contribution < 1.29 is 0 Å². The van der Waals surface area contributed by atoms with Gasteiger partial charge in [-0.25, -0.2) is 0 Å². The van der Waals surface area contributed by atoms with E-state index in [-0.39, 0.29) is 0 Å². The summed E-state index contributed by atoms with van der Waals surface area (Å²) in [6, 6.07) is 84.9. The third kappa shape index (κ3) is 6.25. The van der Waals surface area contributed by atoms with Crippen LogP contribution in [0.1, 0.15) is 39.6 Å². The standard InChI is InChI=1S/C62H44N2S/c1-2-49-53-28-14-17-33-60(53)65-59(49)34-19-41-63(46-24-10-5-11-25-46)48-39-40-54-56(42-48)62(44-20-6-3-7-21-44,45-22-8-4-9-23-45)55-30-18-29-50(61(54)55)43-35-37-47(38-36-43)64-57-31-15-12-26-51(57)52-27-13-16-32-58(52)64/h3-35,37,39-40,42H,2,41H2,1H3/b34-19-. The molecule has 9 aromatic carbocycles. The minimum absolute atomic E-state index is 0.586. The van der Waals surface area contributed by atoms with Crippen molar-refractivity contribution in [2.24, 2.45) is 0 Å². The molecule has 0 saturated carbocycles. The maximum absolute atomic E-state index is 3.68. The number of aryl methyl sites for hydroxylation is 1. The monoisotopic (exact) mass is 848 g/mol. The fourth-order valence-electron chi connectivity index (χ4n) is 10.6. The quantitative estimate of drug-likeness (QED) is 0.133. The van der Waals surface area contributed by atoms with Gasteiger partial charge in [-0.1, -0.05) is 177 Å². The summed E-state index contributed by atoms with van der Waals surface area (Å²) >= 11 is 1.88. The molecule has 11 aromatic rings. The highest BCUT2D eigenvalue weighted by atomic mass is 32.1. The van der Waals surface area contributed by atoms with Gasteiger partial charge in [-0.3, -0.25) is 0 Å². The van der Waals surface area contributed by atoms with Crippen LogP contribution in [-0.2, 0) is 11.8 Å². The number of benzene rings is 8. The van der Waals surface area contributed by atoms with Crippen LogP contribution in [-0.4, -0.2) is 11.1 Å². The van der Waals surface area contributed by atoms with Crippen LogP contribution in [0.25, 0.3) is 65.9 Å². The van der Waals surface area contributed by atoms with Crippen LogP contribution in [0.5, 0.6) is 0 Å². The molecular weight excluding hydrogens is 805 g/mol. The number of para-hydroxylation sites is 3. The maximum atomic E-state index is 3.68. The first-order chi connectivity index (χ1) is 32.2. The van der Waals surface area contributed by atoms with Gasteiger partial charge in [0.25, 0.3) is 0 Å². The van der Waals surface area contributed by atoms with Crippen molar-refractivity contribution in [1.82, 2.24) is 4.57 Å². The molecule has 0 spiro atoms. The Balaban J connectivity index is 1.03. The zero-order chi connectivity index (χ0) is 43.3. The second kappa shape index (κ2) is 16.0. The zero-order valence-electron chi connectivity index (χ0n) is 36.1. The van der Waals surface area contributed by atoms with Gasteiger partial charge in [0.1, 0.15) is 0 Å². The van der Waals surface area contributed by atoms with Gasteiger partial charge in [-0.05, 0) is 123 Å². The van der Waals surface area contributed by atoms with Crippen molar-refractivity contribution in [2.45, 2.75) is 18.8 Å². The van der Waals surface area contributed by atoms with Crippen LogP contribution in [0.2, 0.25) is 0 Å². The lowest BCUT2D eigenvalue weighted by Crippen LogP contribution is -2.29. The van der Waals surface area contributed by atoms with E-state index in [2.05, 4.69) is 253 Å². The van der Waals surface area contributed by atoms with E-state index in [0.717, 1.165) is 45.6 Å². The Morgan fingerprint density at radius 3 is 1.83 bits per heavy atom. The second-order valence-electron chi connectivity index (χ2n) is 16.8. The van der Waals surface area contributed by atoms with E-state index in [1.807, 2.05) is 11.3 Å². The Hall–Kier alpha value is -7.90. The van der Waals surface area contributed by atoms with E-state index >= 15 is 0 Å². The summed E-state index contributed by atoms with van der Waals surface area (Å²) < 4.78 is 3.65. The number of rotatable bonds is 10. The highest BCUT2D eigenvalue weighted by Crippen LogP contribution is 2.59. The van der Waals surface area contributed by atoms with Crippen LogP contribution >= 0.6 is 11.3 Å². The largest absolute Gasteiger partial charge is 0.338 e. The predicted molar refractivity (Wildman–Crippen MR) is 275 cm³/mol. The minimum atomic E-state index is -0.586. The van der Waals surface area contributed by atoms with Gasteiger partial charge in [0, 0.05) is 43.8 Å². The summed E-state index contributed by atoms with van der Waals surface area (Å²) in [4.78, 5) is 3.79. The van der Waals surface area contributed by atoms with Gasteiger partial charge >= 0.3 is 0 Å². The van der Waals surface area contributed by atoms with E-state index in [1.165, 1.54) is 64.7 Å². The third-order valence-electron chi connectivity index (χ3n) is 13.4. The molecule has 1 aliphatic rings. The van der Waals surface area contributed by atoms with Crippen molar-refractivity contribution in [3.63, 3.8) is 0 Å². The van der Waals surface area contributed by atoms with Crippen LogP contribution < -0.4 is 4.90 Å². The highest BCUT2D eigenvalue weighted by molar-refractivity contribution is 7.20. The first-order valence-corrected chi connectivity index (χ1v) is 23.4. The lowest BCUT2D eigenvalue weighted by molar-refractivity contribution is 0.768. The molecule has 0 amide bonds. The molecule has 1 aliphatic carbocycles. The predicted octanol–water partition coefficient (Wildman–Crippen LogP) is 16.0. The van der Waals surface area contributed by atoms with Crippen molar-refractivity contribution in [2.75, 3.05) is 11.4 Å². The van der Waals surface area contributed by atoms with Crippen LogP contribution in [0, 0.1) is 12.1 Å². The summed E-state index contributed by atoms with van der Waals surface area (Å²) in [5, 5.41) is 3.84. The molecule has 65 heavy (non-hydrogen) atoms. The van der Waals surface area contributed by atoms with Gasteiger partial charge in [0.2, 0.25) is 0 Å². The molecule has 0 fully saturated rings. The topological polar surface area (TPSA) is 8.17 Å². The zero-order valence-corrected chi connectivity index (χ0v) is 36.9. The van der Waals surface area contributed by atoms with Crippen LogP contribution in [0.15, 0.2) is 218 Å². The Morgan fingerprint density at radius 1 is 0.538 bits per heavy atom. The minimum Gasteiger partial charge on any atom is -0.338 e. The molecule has 0 N–H and O–H groups in total. The lowest BCUT2D eigenvalue weighted by Gasteiger charge is -2.35. The summed E-state index contributed by atoms with van der Waals surface area (Å²) in [6.07, 6.45) is 5.68. The van der Waals surface area contributed by atoms with Crippen molar-refractivity contribution in [3.05, 3.63) is 263 Å². The van der Waals surface area contributed by atoms with Crippen LogP contribution in [0.4, 0.5) is 11.4 Å². The number of thiophene rings is 1. The van der Waals surface area contributed by atoms with Gasteiger partial charge in [0.15, 0.2) is 0 Å². The molecule has 308 valence electrons. The maximum Gasteiger partial charge on any atom is 0.0974 e. The van der Waals surface area contributed by atoms with E-state index in [9.17, 15) is 0 Å². The molecule has 2 aromatic heterocycles. The van der Waals surface area contributed by atoms with Gasteiger partial charge in [-0.15, -0.1) is 11.3 Å². The molecule has 2 heterocycles. The average molecular weight is 849 g/mol. The highest BCUT2D eigenvalue weighted by Gasteiger charge is 2.47. The van der Waals surface area contributed by atoms with Gasteiger partial charge in [-0.2, -0.15) is 0 Å². The molecule has 0 atom stereocenters. The second-order valence-corrected chi connectivity index (χ2v) is 17.9. The normalized spacial score (nSPS) is 12.8. The molecule has 0 radical (unpaired) electrons. The van der Waals surface area contributed by atoms with Crippen molar-refractivity contribution in [3.8, 4) is 27.9 Å². The summed E-state index contributed by atoms with van der Waals surface area (Å²) in [5.41, 5.74) is 16.1. The Labute approximate surface area is 384 Å². The third-order valence-corrected chi connectivity index (χ3v) is 14.6. The lowest BCUT2D eigenvalue weighted by atomic mass is 9.67. The number of anilines is 2. The first kappa shape index (κ1) is 38.7. The van der Waals surface area contributed by atoms with E-state index in [4.69, 9.17) is 0 Å². The Bertz CT molecular complexity index is 3450. The van der Waals surface area contributed by atoms with Crippen LogP contribution in [0.3, 0.4) is 0 Å². The Kier molecular flexibility index (Phi) is 9.55.